The van der Waals surface area contributed by atoms with Crippen LogP contribution in [0.5, 0.6) is 0 Å². The number of rotatable bonds is 2. The topological polar surface area (TPSA) is 84.0 Å². The third-order valence-electron chi connectivity index (χ3n) is 4.33. The summed E-state index contributed by atoms with van der Waals surface area (Å²) in [6, 6.07) is 1.84. The number of nitrogens with one attached hydrogen (secondary N) is 1. The van der Waals surface area contributed by atoms with Crippen molar-refractivity contribution in [3.05, 3.63) is 39.1 Å². The van der Waals surface area contributed by atoms with E-state index in [9.17, 15) is 4.79 Å². The molecule has 8 heteroatoms. The van der Waals surface area contributed by atoms with Gasteiger partial charge in [-0.05, 0) is 26.8 Å². The molecule has 1 fully saturated rings. The van der Waals surface area contributed by atoms with E-state index in [2.05, 4.69) is 20.2 Å². The number of morpholine rings is 1. The van der Waals surface area contributed by atoms with Gasteiger partial charge in [0.1, 0.15) is 11.1 Å². The number of aromatic nitrogens is 4. The van der Waals surface area contributed by atoms with Gasteiger partial charge in [0, 0.05) is 29.0 Å². The Morgan fingerprint density at radius 2 is 2.16 bits per heavy atom. The van der Waals surface area contributed by atoms with Crippen molar-refractivity contribution in [2.75, 3.05) is 19.7 Å². The lowest BCUT2D eigenvalue weighted by Crippen LogP contribution is -2.42. The molecule has 1 N–H and O–H groups in total. The molecule has 0 aliphatic carbocycles. The molecule has 1 aliphatic rings. The Labute approximate surface area is 149 Å². The van der Waals surface area contributed by atoms with Gasteiger partial charge in [0.2, 0.25) is 0 Å². The van der Waals surface area contributed by atoms with Gasteiger partial charge in [0.25, 0.3) is 5.91 Å². The lowest BCUT2D eigenvalue weighted by molar-refractivity contribution is -0.0228. The van der Waals surface area contributed by atoms with Crippen LogP contribution in [0.4, 0.5) is 0 Å². The molecule has 130 valence electrons. The number of nitrogens with zero attached hydrogens (tertiary/aromatic N) is 4. The molecule has 1 saturated heterocycles. The van der Waals surface area contributed by atoms with Crippen molar-refractivity contribution in [1.29, 1.82) is 0 Å². The van der Waals surface area contributed by atoms with Crippen LogP contribution in [0.2, 0.25) is 0 Å². The van der Waals surface area contributed by atoms with E-state index in [4.69, 9.17) is 4.74 Å². The SMILES string of the molecule is Cc1csc(C2CN(C(=O)c3cc(C)nc4n[nH]c(C)c34)CCO2)n1. The highest BCUT2D eigenvalue weighted by Crippen LogP contribution is 2.27. The summed E-state index contributed by atoms with van der Waals surface area (Å²) in [6.07, 6.45) is -0.166. The van der Waals surface area contributed by atoms with Crippen LogP contribution in [0.1, 0.15) is 38.6 Å². The molecule has 4 heterocycles. The number of hydrogen-bond acceptors (Lipinski definition) is 6. The second-order valence-corrected chi connectivity index (χ2v) is 7.19. The maximum atomic E-state index is 13.2. The fourth-order valence-electron chi connectivity index (χ4n) is 3.14. The first-order valence-electron chi connectivity index (χ1n) is 8.18. The van der Waals surface area contributed by atoms with Crippen molar-refractivity contribution in [1.82, 2.24) is 25.1 Å². The van der Waals surface area contributed by atoms with Gasteiger partial charge in [0.05, 0.1) is 24.1 Å². The minimum Gasteiger partial charge on any atom is -0.367 e. The summed E-state index contributed by atoms with van der Waals surface area (Å²) in [7, 11) is 0. The van der Waals surface area contributed by atoms with E-state index in [-0.39, 0.29) is 12.0 Å². The molecule has 3 aromatic rings. The number of fused-ring (bicyclic) bond motifs is 1. The largest absolute Gasteiger partial charge is 0.367 e. The molecule has 1 unspecified atom stereocenters. The van der Waals surface area contributed by atoms with Crippen molar-refractivity contribution in [3.63, 3.8) is 0 Å². The molecular weight excluding hydrogens is 338 g/mol. The zero-order valence-corrected chi connectivity index (χ0v) is 15.2. The molecular formula is C17H19N5O2S. The Morgan fingerprint density at radius 1 is 1.32 bits per heavy atom. The third-order valence-corrected chi connectivity index (χ3v) is 5.38. The number of ether oxygens (including phenoxy) is 1. The lowest BCUT2D eigenvalue weighted by atomic mass is 10.1. The van der Waals surface area contributed by atoms with Gasteiger partial charge in [-0.1, -0.05) is 0 Å². The number of pyridine rings is 1. The lowest BCUT2D eigenvalue weighted by Gasteiger charge is -2.32. The van der Waals surface area contributed by atoms with E-state index in [1.165, 1.54) is 0 Å². The first-order chi connectivity index (χ1) is 12.0. The second kappa shape index (κ2) is 6.20. The first-order valence-corrected chi connectivity index (χ1v) is 9.06. The zero-order valence-electron chi connectivity index (χ0n) is 14.4. The average molecular weight is 357 g/mol. The van der Waals surface area contributed by atoms with E-state index >= 15 is 0 Å². The molecule has 1 atom stereocenters. The maximum absolute atomic E-state index is 13.2. The molecule has 3 aromatic heterocycles. The maximum Gasteiger partial charge on any atom is 0.254 e. The van der Waals surface area contributed by atoms with Crippen LogP contribution in [0.25, 0.3) is 11.0 Å². The van der Waals surface area contributed by atoms with Gasteiger partial charge >= 0.3 is 0 Å². The highest BCUT2D eigenvalue weighted by Gasteiger charge is 2.29. The minimum atomic E-state index is -0.166. The Bertz CT molecular complexity index is 948. The van der Waals surface area contributed by atoms with Crippen molar-refractivity contribution < 1.29 is 9.53 Å². The van der Waals surface area contributed by atoms with Crippen molar-refractivity contribution in [2.45, 2.75) is 26.9 Å². The van der Waals surface area contributed by atoms with Crippen LogP contribution >= 0.6 is 11.3 Å². The summed E-state index contributed by atoms with van der Waals surface area (Å²) in [6.45, 7) is 7.33. The van der Waals surface area contributed by atoms with E-state index in [1.54, 1.807) is 11.3 Å². The Hall–Kier alpha value is -2.32. The summed E-state index contributed by atoms with van der Waals surface area (Å²) in [5.41, 5.74) is 3.84. The molecule has 1 amide bonds. The monoisotopic (exact) mass is 357 g/mol. The number of carbonyl (C=O) groups excluding carboxylic acids is 1. The number of hydrogen-bond donors (Lipinski definition) is 1. The highest BCUT2D eigenvalue weighted by molar-refractivity contribution is 7.09. The van der Waals surface area contributed by atoms with E-state index in [1.807, 2.05) is 37.1 Å². The fourth-order valence-corrected chi connectivity index (χ4v) is 3.98. The van der Waals surface area contributed by atoms with Crippen LogP contribution < -0.4 is 0 Å². The number of aromatic amines is 1. The van der Waals surface area contributed by atoms with Crippen molar-refractivity contribution in [3.8, 4) is 0 Å². The summed E-state index contributed by atoms with van der Waals surface area (Å²) in [5.74, 6) is -0.0124. The smallest absolute Gasteiger partial charge is 0.254 e. The van der Waals surface area contributed by atoms with Gasteiger partial charge in [-0.25, -0.2) is 9.97 Å². The average Bonchev–Trinajstić information content (AvgIpc) is 3.20. The number of H-pyrrole nitrogens is 1. The highest BCUT2D eigenvalue weighted by atomic mass is 32.1. The summed E-state index contributed by atoms with van der Waals surface area (Å²) < 4.78 is 5.84. The van der Waals surface area contributed by atoms with Crippen LogP contribution in [0.15, 0.2) is 11.4 Å². The molecule has 0 radical (unpaired) electrons. The second-order valence-electron chi connectivity index (χ2n) is 6.30. The summed E-state index contributed by atoms with van der Waals surface area (Å²) >= 11 is 1.58. The van der Waals surface area contributed by atoms with Gasteiger partial charge in [-0.3, -0.25) is 9.89 Å². The zero-order chi connectivity index (χ0) is 17.6. The Morgan fingerprint density at radius 3 is 2.92 bits per heavy atom. The number of amides is 1. The normalized spacial score (nSPS) is 18.0. The molecule has 0 saturated carbocycles. The van der Waals surface area contributed by atoms with E-state index in [0.717, 1.165) is 27.5 Å². The van der Waals surface area contributed by atoms with Crippen LogP contribution in [0.3, 0.4) is 0 Å². The van der Waals surface area contributed by atoms with Crippen LogP contribution in [0, 0.1) is 20.8 Å². The quantitative estimate of drug-likeness (QED) is 0.762. The molecule has 0 aromatic carbocycles. The molecule has 25 heavy (non-hydrogen) atoms. The minimum absolute atomic E-state index is 0.0124. The van der Waals surface area contributed by atoms with Crippen molar-refractivity contribution in [2.24, 2.45) is 0 Å². The molecule has 0 bridgehead atoms. The number of thiazole rings is 1. The number of carbonyl (C=O) groups is 1. The van der Waals surface area contributed by atoms with Crippen molar-refractivity contribution >= 4 is 28.3 Å². The molecule has 1 aliphatic heterocycles. The summed E-state index contributed by atoms with van der Waals surface area (Å²) in [4.78, 5) is 23.9. The van der Waals surface area contributed by atoms with Gasteiger partial charge < -0.3 is 9.64 Å². The van der Waals surface area contributed by atoms with Crippen LogP contribution in [-0.2, 0) is 4.74 Å². The summed E-state index contributed by atoms with van der Waals surface area (Å²) in [5, 5.41) is 10.8. The molecule has 7 nitrogen and oxygen atoms in total. The number of aryl methyl sites for hydroxylation is 3. The molecule has 0 spiro atoms. The standard InChI is InChI=1S/C17H19N5O2S/c1-9-6-12(14-11(3)20-21-15(14)18-9)17(23)22-4-5-24-13(7-22)16-19-10(2)8-25-16/h6,8,13H,4-5,7H2,1-3H3,(H,18,20,21). The van der Waals surface area contributed by atoms with E-state index < -0.39 is 0 Å². The first kappa shape index (κ1) is 16.2. The van der Waals surface area contributed by atoms with E-state index in [0.29, 0.717) is 30.9 Å². The Balaban J connectivity index is 1.65. The van der Waals surface area contributed by atoms with Gasteiger partial charge in [-0.2, -0.15) is 5.10 Å². The molecule has 4 rings (SSSR count). The predicted molar refractivity (Wildman–Crippen MR) is 94.8 cm³/mol. The van der Waals surface area contributed by atoms with Gasteiger partial charge in [-0.15, -0.1) is 11.3 Å². The van der Waals surface area contributed by atoms with Gasteiger partial charge in [0.15, 0.2) is 5.65 Å². The third kappa shape index (κ3) is 2.91. The van der Waals surface area contributed by atoms with Crippen LogP contribution in [-0.4, -0.2) is 50.7 Å². The predicted octanol–water partition coefficient (Wildman–Crippen LogP) is 2.55. The fraction of sp³-hybridized carbons (Fsp3) is 0.412. The Kier molecular flexibility index (Phi) is 4.01.